The van der Waals surface area contributed by atoms with Crippen molar-refractivity contribution in [3.8, 4) is 0 Å². The number of allylic oxidation sites excluding steroid dienone is 1. The van der Waals surface area contributed by atoms with Crippen LogP contribution in [0.5, 0.6) is 0 Å². The van der Waals surface area contributed by atoms with E-state index in [1.54, 1.807) is 0 Å². The molecule has 0 saturated heterocycles. The molecule has 2 atom stereocenters. The summed E-state index contributed by atoms with van der Waals surface area (Å²) in [6, 6.07) is 23.7. The van der Waals surface area contributed by atoms with Crippen molar-refractivity contribution in [1.82, 2.24) is 5.32 Å². The summed E-state index contributed by atoms with van der Waals surface area (Å²) in [6.45, 7) is 5.94. The van der Waals surface area contributed by atoms with Gasteiger partial charge in [-0.2, -0.15) is 4.57 Å². The summed E-state index contributed by atoms with van der Waals surface area (Å²) in [4.78, 5) is 12.7. The lowest BCUT2D eigenvalue weighted by molar-refractivity contribution is -0.703. The number of nitrogens with zero attached hydrogens (tertiary/aromatic N) is 1. The highest BCUT2D eigenvalue weighted by Gasteiger charge is 2.20. The minimum absolute atomic E-state index is 0.0181. The van der Waals surface area contributed by atoms with Gasteiger partial charge in [0.1, 0.15) is 5.56 Å². The second-order valence-corrected chi connectivity index (χ2v) is 6.24. The number of hydrogen-bond acceptors (Lipinski definition) is 1. The van der Waals surface area contributed by atoms with Gasteiger partial charge < -0.3 is 5.32 Å². The zero-order valence-electron chi connectivity index (χ0n) is 14.9. The molecule has 0 bridgehead atoms. The molecular formula is C23H23N2O+. The average Bonchev–Trinajstić information content (AvgIpc) is 2.70. The first-order valence-corrected chi connectivity index (χ1v) is 8.73. The first kappa shape index (κ1) is 17.6. The normalized spacial score (nSPS) is 12.8. The Balaban J connectivity index is 1.80. The molecule has 0 aliphatic rings. The SMILES string of the molecule is C=CC(c1ccccc1)[n+]1cccc(C(=O)NC(C)c2ccccc2)c1. The largest absolute Gasteiger partial charge is 0.345 e. The Kier molecular flexibility index (Phi) is 5.59. The fourth-order valence-corrected chi connectivity index (χ4v) is 2.99. The number of nitrogens with one attached hydrogen (secondary N) is 1. The molecule has 130 valence electrons. The highest BCUT2D eigenvalue weighted by atomic mass is 16.1. The Morgan fingerprint density at radius 3 is 2.19 bits per heavy atom. The summed E-state index contributed by atoms with van der Waals surface area (Å²) in [6.07, 6.45) is 5.70. The number of carbonyl (C=O) groups excluding carboxylic acids is 1. The Morgan fingerprint density at radius 2 is 1.58 bits per heavy atom. The van der Waals surface area contributed by atoms with Crippen LogP contribution in [-0.2, 0) is 0 Å². The molecule has 1 heterocycles. The summed E-state index contributed by atoms with van der Waals surface area (Å²) in [5, 5.41) is 3.06. The third kappa shape index (κ3) is 4.06. The number of pyridine rings is 1. The van der Waals surface area contributed by atoms with E-state index in [0.717, 1.165) is 11.1 Å². The standard InChI is InChI=1S/C23H22N2O/c1-3-22(20-13-8-5-9-14-20)25-16-10-15-21(17-25)23(26)24-18(2)19-11-6-4-7-12-19/h3-18,22H,1H2,2H3/p+1. The molecule has 3 heteroatoms. The van der Waals surface area contributed by atoms with E-state index in [4.69, 9.17) is 0 Å². The maximum Gasteiger partial charge on any atom is 0.257 e. The third-order valence-corrected chi connectivity index (χ3v) is 4.42. The van der Waals surface area contributed by atoms with E-state index in [2.05, 4.69) is 24.0 Å². The molecule has 0 aliphatic carbocycles. The van der Waals surface area contributed by atoms with Crippen LogP contribution >= 0.6 is 0 Å². The van der Waals surface area contributed by atoms with Gasteiger partial charge in [0.2, 0.25) is 6.04 Å². The van der Waals surface area contributed by atoms with Gasteiger partial charge in [-0.25, -0.2) is 0 Å². The van der Waals surface area contributed by atoms with Crippen LogP contribution in [-0.4, -0.2) is 5.91 Å². The van der Waals surface area contributed by atoms with E-state index < -0.39 is 0 Å². The molecule has 0 aliphatic heterocycles. The number of amides is 1. The van der Waals surface area contributed by atoms with Crippen molar-refractivity contribution in [2.45, 2.75) is 19.0 Å². The lowest BCUT2D eigenvalue weighted by atomic mass is 10.1. The molecule has 1 amide bonds. The van der Waals surface area contributed by atoms with E-state index in [0.29, 0.717) is 5.56 Å². The zero-order valence-corrected chi connectivity index (χ0v) is 14.9. The minimum Gasteiger partial charge on any atom is -0.345 e. The Morgan fingerprint density at radius 1 is 0.962 bits per heavy atom. The van der Waals surface area contributed by atoms with Crippen molar-refractivity contribution in [1.29, 1.82) is 0 Å². The van der Waals surface area contributed by atoms with E-state index in [9.17, 15) is 4.79 Å². The highest BCUT2D eigenvalue weighted by molar-refractivity contribution is 5.93. The van der Waals surface area contributed by atoms with E-state index >= 15 is 0 Å². The maximum atomic E-state index is 12.7. The highest BCUT2D eigenvalue weighted by Crippen LogP contribution is 2.14. The van der Waals surface area contributed by atoms with Crippen LogP contribution in [0.4, 0.5) is 0 Å². The summed E-state index contributed by atoms with van der Waals surface area (Å²) < 4.78 is 2.00. The Bertz CT molecular complexity index is 875. The van der Waals surface area contributed by atoms with Crippen molar-refractivity contribution >= 4 is 5.91 Å². The number of hydrogen-bond donors (Lipinski definition) is 1. The summed E-state index contributed by atoms with van der Waals surface area (Å²) in [7, 11) is 0. The zero-order chi connectivity index (χ0) is 18.4. The van der Waals surface area contributed by atoms with Crippen molar-refractivity contribution in [3.05, 3.63) is 115 Å². The van der Waals surface area contributed by atoms with E-state index in [1.165, 1.54) is 0 Å². The van der Waals surface area contributed by atoms with Crippen molar-refractivity contribution in [2.24, 2.45) is 0 Å². The minimum atomic E-state index is -0.0911. The molecule has 3 aromatic rings. The van der Waals surface area contributed by atoms with Gasteiger partial charge in [-0.3, -0.25) is 4.79 Å². The smallest absolute Gasteiger partial charge is 0.257 e. The first-order chi connectivity index (χ1) is 12.7. The quantitative estimate of drug-likeness (QED) is 0.527. The second-order valence-electron chi connectivity index (χ2n) is 6.24. The summed E-state index contributed by atoms with van der Waals surface area (Å²) in [5.41, 5.74) is 2.83. The van der Waals surface area contributed by atoms with Crippen molar-refractivity contribution in [3.63, 3.8) is 0 Å². The first-order valence-electron chi connectivity index (χ1n) is 8.73. The van der Waals surface area contributed by atoms with Crippen LogP contribution in [0.25, 0.3) is 0 Å². The molecule has 3 nitrogen and oxygen atoms in total. The molecule has 1 aromatic heterocycles. The predicted molar refractivity (Wildman–Crippen MR) is 104 cm³/mol. The van der Waals surface area contributed by atoms with Gasteiger partial charge in [0.15, 0.2) is 12.4 Å². The van der Waals surface area contributed by atoms with Gasteiger partial charge >= 0.3 is 0 Å². The molecule has 0 spiro atoms. The van der Waals surface area contributed by atoms with Gasteiger partial charge in [0.25, 0.3) is 5.91 Å². The van der Waals surface area contributed by atoms with Gasteiger partial charge in [0, 0.05) is 11.6 Å². The summed E-state index contributed by atoms with van der Waals surface area (Å²) in [5.74, 6) is -0.0911. The molecule has 2 unspecified atom stereocenters. The second kappa shape index (κ2) is 8.26. The van der Waals surface area contributed by atoms with Crippen LogP contribution < -0.4 is 9.88 Å². The third-order valence-electron chi connectivity index (χ3n) is 4.42. The lowest BCUT2D eigenvalue weighted by Gasteiger charge is -2.14. The number of benzene rings is 2. The number of aromatic nitrogens is 1. The molecule has 2 aromatic carbocycles. The van der Waals surface area contributed by atoms with Gasteiger partial charge in [-0.15, -0.1) is 0 Å². The van der Waals surface area contributed by atoms with Gasteiger partial charge in [0.05, 0.1) is 6.04 Å². The number of carbonyl (C=O) groups is 1. The monoisotopic (exact) mass is 343 g/mol. The predicted octanol–water partition coefficient (Wildman–Crippen LogP) is 4.24. The van der Waals surface area contributed by atoms with Crippen LogP contribution in [0.1, 0.15) is 40.5 Å². The maximum absolute atomic E-state index is 12.7. The van der Waals surface area contributed by atoms with E-state index in [-0.39, 0.29) is 18.0 Å². The molecular weight excluding hydrogens is 320 g/mol. The molecule has 0 saturated carbocycles. The molecule has 3 rings (SSSR count). The van der Waals surface area contributed by atoms with Crippen molar-refractivity contribution < 1.29 is 9.36 Å². The van der Waals surface area contributed by atoms with Gasteiger partial charge in [-0.05, 0) is 24.6 Å². The molecule has 0 fully saturated rings. The Hall–Kier alpha value is -3.20. The topological polar surface area (TPSA) is 33.0 Å². The van der Waals surface area contributed by atoms with Crippen LogP contribution in [0.3, 0.4) is 0 Å². The van der Waals surface area contributed by atoms with Crippen LogP contribution in [0.15, 0.2) is 97.8 Å². The van der Waals surface area contributed by atoms with Crippen LogP contribution in [0.2, 0.25) is 0 Å². The van der Waals surface area contributed by atoms with Crippen LogP contribution in [0, 0.1) is 0 Å². The summed E-state index contributed by atoms with van der Waals surface area (Å²) >= 11 is 0. The Labute approximate surface area is 154 Å². The lowest BCUT2D eigenvalue weighted by Crippen LogP contribution is -2.40. The van der Waals surface area contributed by atoms with Crippen molar-refractivity contribution in [2.75, 3.05) is 0 Å². The molecule has 0 radical (unpaired) electrons. The van der Waals surface area contributed by atoms with E-state index in [1.807, 2.05) is 90.6 Å². The van der Waals surface area contributed by atoms with Gasteiger partial charge in [-0.1, -0.05) is 67.2 Å². The fourth-order valence-electron chi connectivity index (χ4n) is 2.99. The fraction of sp³-hybridized carbons (Fsp3) is 0.130. The number of rotatable bonds is 6. The molecule has 1 N–H and O–H groups in total. The average molecular weight is 343 g/mol. The molecule has 26 heavy (non-hydrogen) atoms.